The molecule has 0 aliphatic rings. The molecule has 1 N–H and O–H groups in total. The standard InChI is InChI=1S/C31H33N3O3/c1-21-10-12-26(13-11-21)19-34-24(4)31(23(3)33-34)32-30(35)17-15-25-14-16-29(36-5)27(18-25)20-37-28-9-7-6-8-22(28)2/h6-18H,19-20H2,1-5H3,(H,32,35)/b17-15+. The number of aryl methyl sites for hydroxylation is 3. The molecule has 1 heterocycles. The predicted octanol–water partition coefficient (Wildman–Crippen LogP) is 6.40. The van der Waals surface area contributed by atoms with Gasteiger partial charge in [0.1, 0.15) is 18.1 Å². The summed E-state index contributed by atoms with van der Waals surface area (Å²) in [5, 5.41) is 7.63. The van der Waals surface area contributed by atoms with Crippen molar-refractivity contribution in [2.45, 2.75) is 40.8 Å². The van der Waals surface area contributed by atoms with Gasteiger partial charge in [-0.3, -0.25) is 9.48 Å². The van der Waals surface area contributed by atoms with Crippen LogP contribution in [0.1, 0.15) is 39.2 Å². The van der Waals surface area contributed by atoms with Crippen molar-refractivity contribution < 1.29 is 14.3 Å². The zero-order valence-electron chi connectivity index (χ0n) is 22.0. The van der Waals surface area contributed by atoms with E-state index in [0.717, 1.165) is 50.8 Å². The fourth-order valence-corrected chi connectivity index (χ4v) is 4.12. The molecule has 0 unspecified atom stereocenters. The van der Waals surface area contributed by atoms with Gasteiger partial charge < -0.3 is 14.8 Å². The van der Waals surface area contributed by atoms with Gasteiger partial charge in [-0.2, -0.15) is 5.10 Å². The molecular formula is C31H33N3O3. The van der Waals surface area contributed by atoms with Gasteiger partial charge in [-0.25, -0.2) is 0 Å². The Labute approximate surface area is 218 Å². The van der Waals surface area contributed by atoms with Gasteiger partial charge in [0, 0.05) is 11.6 Å². The molecule has 0 saturated heterocycles. The highest BCUT2D eigenvalue weighted by Gasteiger charge is 2.14. The first-order chi connectivity index (χ1) is 17.8. The summed E-state index contributed by atoms with van der Waals surface area (Å²) in [6, 6.07) is 22.0. The predicted molar refractivity (Wildman–Crippen MR) is 148 cm³/mol. The van der Waals surface area contributed by atoms with Gasteiger partial charge in [0.05, 0.1) is 30.7 Å². The number of aromatic nitrogens is 2. The molecule has 4 aromatic rings. The van der Waals surface area contributed by atoms with E-state index in [9.17, 15) is 4.79 Å². The van der Waals surface area contributed by atoms with Crippen LogP contribution < -0.4 is 14.8 Å². The second kappa shape index (κ2) is 11.6. The van der Waals surface area contributed by atoms with E-state index in [4.69, 9.17) is 9.47 Å². The highest BCUT2D eigenvalue weighted by molar-refractivity contribution is 6.02. The number of methoxy groups -OCH3 is 1. The number of nitrogens with one attached hydrogen (secondary N) is 1. The number of nitrogens with zero attached hydrogens (tertiary/aromatic N) is 2. The lowest BCUT2D eigenvalue weighted by atomic mass is 10.1. The monoisotopic (exact) mass is 495 g/mol. The number of para-hydroxylation sites is 1. The highest BCUT2D eigenvalue weighted by atomic mass is 16.5. The summed E-state index contributed by atoms with van der Waals surface area (Å²) < 4.78 is 13.4. The molecular weight excluding hydrogens is 462 g/mol. The first kappa shape index (κ1) is 25.8. The van der Waals surface area contributed by atoms with E-state index >= 15 is 0 Å². The Bertz CT molecular complexity index is 1420. The second-order valence-corrected chi connectivity index (χ2v) is 9.14. The van der Waals surface area contributed by atoms with Crippen molar-refractivity contribution in [1.82, 2.24) is 9.78 Å². The molecule has 0 fully saturated rings. The minimum absolute atomic E-state index is 0.213. The minimum atomic E-state index is -0.213. The van der Waals surface area contributed by atoms with Crippen molar-refractivity contribution in [2.24, 2.45) is 0 Å². The zero-order chi connectivity index (χ0) is 26.4. The van der Waals surface area contributed by atoms with E-state index in [-0.39, 0.29) is 5.91 Å². The molecule has 1 amide bonds. The van der Waals surface area contributed by atoms with Gasteiger partial charge >= 0.3 is 0 Å². The van der Waals surface area contributed by atoms with Crippen LogP contribution in [0.3, 0.4) is 0 Å². The minimum Gasteiger partial charge on any atom is -0.496 e. The lowest BCUT2D eigenvalue weighted by molar-refractivity contribution is -0.111. The third-order valence-corrected chi connectivity index (χ3v) is 6.29. The van der Waals surface area contributed by atoms with Gasteiger partial charge in [-0.05, 0) is 68.7 Å². The number of amides is 1. The van der Waals surface area contributed by atoms with Crippen LogP contribution in [-0.2, 0) is 17.9 Å². The van der Waals surface area contributed by atoms with Gasteiger partial charge in [-0.15, -0.1) is 0 Å². The van der Waals surface area contributed by atoms with E-state index in [0.29, 0.717) is 13.2 Å². The van der Waals surface area contributed by atoms with Crippen LogP contribution in [-0.4, -0.2) is 22.8 Å². The first-order valence-electron chi connectivity index (χ1n) is 12.3. The molecule has 6 heteroatoms. The summed E-state index contributed by atoms with van der Waals surface area (Å²) in [6.45, 7) is 8.97. The van der Waals surface area contributed by atoms with E-state index < -0.39 is 0 Å². The molecule has 0 aliphatic carbocycles. The number of carbonyl (C=O) groups is 1. The molecule has 0 spiro atoms. The molecule has 190 valence electrons. The van der Waals surface area contributed by atoms with Gasteiger partial charge in [0.25, 0.3) is 0 Å². The van der Waals surface area contributed by atoms with Crippen LogP contribution in [0, 0.1) is 27.7 Å². The quantitative estimate of drug-likeness (QED) is 0.273. The topological polar surface area (TPSA) is 65.4 Å². The number of rotatable bonds is 9. The number of anilines is 1. The Kier molecular flexibility index (Phi) is 8.08. The summed E-state index contributed by atoms with van der Waals surface area (Å²) in [6.07, 6.45) is 3.32. The van der Waals surface area contributed by atoms with Crippen molar-refractivity contribution in [1.29, 1.82) is 0 Å². The SMILES string of the molecule is COc1ccc(/C=C/C(=O)Nc2c(C)nn(Cc3ccc(C)cc3)c2C)cc1COc1ccccc1C. The number of hydrogen-bond acceptors (Lipinski definition) is 4. The summed E-state index contributed by atoms with van der Waals surface area (Å²) in [7, 11) is 1.64. The number of benzene rings is 3. The van der Waals surface area contributed by atoms with Crippen molar-refractivity contribution in [3.63, 3.8) is 0 Å². The van der Waals surface area contributed by atoms with E-state index in [1.54, 1.807) is 13.2 Å². The summed E-state index contributed by atoms with van der Waals surface area (Å²) in [5.41, 5.74) is 7.67. The van der Waals surface area contributed by atoms with E-state index in [1.807, 2.05) is 67.9 Å². The fraction of sp³-hybridized carbons (Fsp3) is 0.226. The lowest BCUT2D eigenvalue weighted by Gasteiger charge is -2.12. The van der Waals surface area contributed by atoms with Crippen LogP contribution >= 0.6 is 0 Å². The molecule has 0 bridgehead atoms. The number of hydrogen-bond donors (Lipinski definition) is 1. The molecule has 4 rings (SSSR count). The molecule has 0 saturated carbocycles. The molecule has 0 aliphatic heterocycles. The molecule has 3 aromatic carbocycles. The van der Waals surface area contributed by atoms with Crippen LogP contribution in [0.2, 0.25) is 0 Å². The van der Waals surface area contributed by atoms with Crippen LogP contribution in [0.5, 0.6) is 11.5 Å². The Morgan fingerprint density at radius 2 is 1.73 bits per heavy atom. The maximum absolute atomic E-state index is 12.8. The summed E-state index contributed by atoms with van der Waals surface area (Å²) >= 11 is 0. The number of carbonyl (C=O) groups excluding carboxylic acids is 1. The van der Waals surface area contributed by atoms with Crippen LogP contribution in [0.4, 0.5) is 5.69 Å². The molecule has 0 radical (unpaired) electrons. The molecule has 1 aromatic heterocycles. The largest absolute Gasteiger partial charge is 0.496 e. The average Bonchev–Trinajstić information content (AvgIpc) is 3.15. The maximum Gasteiger partial charge on any atom is 0.248 e. The van der Waals surface area contributed by atoms with Crippen molar-refractivity contribution in [3.8, 4) is 11.5 Å². The molecule has 6 nitrogen and oxygen atoms in total. The lowest BCUT2D eigenvalue weighted by Crippen LogP contribution is -2.10. The fourth-order valence-electron chi connectivity index (χ4n) is 4.12. The van der Waals surface area contributed by atoms with Gasteiger partial charge in [-0.1, -0.05) is 54.1 Å². The Balaban J connectivity index is 1.43. The van der Waals surface area contributed by atoms with Crippen molar-refractivity contribution in [2.75, 3.05) is 12.4 Å². The van der Waals surface area contributed by atoms with E-state index in [1.165, 1.54) is 11.6 Å². The van der Waals surface area contributed by atoms with Crippen LogP contribution in [0.25, 0.3) is 6.08 Å². The second-order valence-electron chi connectivity index (χ2n) is 9.14. The van der Waals surface area contributed by atoms with E-state index in [2.05, 4.69) is 41.6 Å². The van der Waals surface area contributed by atoms with Crippen molar-refractivity contribution in [3.05, 3.63) is 112 Å². The molecule has 37 heavy (non-hydrogen) atoms. The Morgan fingerprint density at radius 3 is 2.46 bits per heavy atom. The maximum atomic E-state index is 12.8. The van der Waals surface area contributed by atoms with Crippen molar-refractivity contribution >= 4 is 17.7 Å². The third kappa shape index (κ3) is 6.47. The molecule has 0 atom stereocenters. The normalized spacial score (nSPS) is 11.1. The first-order valence-corrected chi connectivity index (χ1v) is 12.3. The van der Waals surface area contributed by atoms with Gasteiger partial charge in [0.2, 0.25) is 5.91 Å². The summed E-state index contributed by atoms with van der Waals surface area (Å²) in [4.78, 5) is 12.8. The number of ether oxygens (including phenoxy) is 2. The highest BCUT2D eigenvalue weighted by Crippen LogP contribution is 2.25. The Hall–Kier alpha value is -4.32. The smallest absolute Gasteiger partial charge is 0.248 e. The average molecular weight is 496 g/mol. The third-order valence-electron chi connectivity index (χ3n) is 6.29. The van der Waals surface area contributed by atoms with Gasteiger partial charge in [0.15, 0.2) is 0 Å². The van der Waals surface area contributed by atoms with Crippen LogP contribution in [0.15, 0.2) is 72.8 Å². The zero-order valence-corrected chi connectivity index (χ0v) is 22.0. The summed E-state index contributed by atoms with van der Waals surface area (Å²) in [5.74, 6) is 1.36. The Morgan fingerprint density at radius 1 is 0.973 bits per heavy atom.